The van der Waals surface area contributed by atoms with Gasteiger partial charge in [-0.3, -0.25) is 25.0 Å². The molecule has 47 heavy (non-hydrogen) atoms. The first-order valence-electron chi connectivity index (χ1n) is 14.5. The smallest absolute Gasteiger partial charge is 0.276 e. The number of carboxylic acid groups (broad SMARTS) is 1. The molecule has 1 spiro atoms. The molecule has 7 N–H and O–H groups in total. The van der Waals surface area contributed by atoms with Gasteiger partial charge in [0.25, 0.3) is 11.4 Å². The summed E-state index contributed by atoms with van der Waals surface area (Å²) in [6.07, 6.45) is 5.22. The number of quaternary nitrogens is 1. The number of piperidine rings is 2. The Hall–Kier alpha value is -4.68. The van der Waals surface area contributed by atoms with Crippen LogP contribution in [0.3, 0.4) is 0 Å². The van der Waals surface area contributed by atoms with E-state index < -0.39 is 32.8 Å². The molecule has 5 heterocycles. The SMILES string of the molecule is COc1cc2c(cc1OC)[C@@]13CC[NH+]4CC5=CCO[C@H]6CC(=O)N2[C@H]1[C@H]6[C@H]5C[C@H]43.O.O.O.O=C([O-])c1cc([N+](=O)[O-])cc([N+](=O)[O-])c1. The summed E-state index contributed by atoms with van der Waals surface area (Å²) in [5.41, 5.74) is 2.03. The molecule has 17 heteroatoms. The fourth-order valence-electron chi connectivity index (χ4n) is 9.02. The fourth-order valence-corrected chi connectivity index (χ4v) is 9.02. The van der Waals surface area contributed by atoms with Gasteiger partial charge in [-0.1, -0.05) is 6.08 Å². The molecule has 1 amide bonds. The minimum Gasteiger partial charge on any atom is -0.545 e. The van der Waals surface area contributed by atoms with Crippen molar-refractivity contribution in [2.24, 2.45) is 11.8 Å². The predicted molar refractivity (Wildman–Crippen MR) is 161 cm³/mol. The molecule has 3 saturated heterocycles. The van der Waals surface area contributed by atoms with E-state index in [9.17, 15) is 34.9 Å². The van der Waals surface area contributed by atoms with Crippen molar-refractivity contribution in [1.29, 1.82) is 0 Å². The lowest BCUT2D eigenvalue weighted by Gasteiger charge is -2.56. The number of ether oxygens (including phenoxy) is 3. The second-order valence-corrected chi connectivity index (χ2v) is 12.2. The van der Waals surface area contributed by atoms with E-state index in [-0.39, 0.29) is 39.9 Å². The Morgan fingerprint density at radius 1 is 1.02 bits per heavy atom. The number of benzene rings is 2. The number of fused-ring (bicyclic) bond motifs is 2. The van der Waals surface area contributed by atoms with Crippen molar-refractivity contribution < 1.29 is 60.1 Å². The quantitative estimate of drug-likeness (QED) is 0.211. The summed E-state index contributed by atoms with van der Waals surface area (Å²) < 4.78 is 17.6. The van der Waals surface area contributed by atoms with Crippen LogP contribution in [-0.4, -0.2) is 90.3 Å². The van der Waals surface area contributed by atoms with Crippen molar-refractivity contribution in [3.63, 3.8) is 0 Å². The van der Waals surface area contributed by atoms with Crippen LogP contribution in [0, 0.1) is 32.1 Å². The molecular weight excluding hydrogens is 624 g/mol. The van der Waals surface area contributed by atoms with Gasteiger partial charge in [0, 0.05) is 42.5 Å². The zero-order chi connectivity index (χ0) is 31.1. The van der Waals surface area contributed by atoms with Crippen molar-refractivity contribution >= 4 is 28.9 Å². The Morgan fingerprint density at radius 2 is 1.66 bits per heavy atom. The molecule has 5 aliphatic heterocycles. The molecular formula is C30H36N4O13. The first kappa shape index (κ1) is 35.2. The number of nitrogens with one attached hydrogen (secondary N) is 1. The van der Waals surface area contributed by atoms with Gasteiger partial charge in [0.2, 0.25) is 5.91 Å². The Labute approximate surface area is 267 Å². The molecule has 1 saturated carbocycles. The monoisotopic (exact) mass is 660 g/mol. The number of nitro groups is 2. The molecule has 2 bridgehead atoms. The van der Waals surface area contributed by atoms with E-state index >= 15 is 0 Å². The van der Waals surface area contributed by atoms with Gasteiger partial charge < -0.3 is 50.3 Å². The standard InChI is InChI=1S/C23H26N2O4.C7H4N2O6.3H2O/c1-27-16-8-14-15(9-17(16)28-2)25-20(26)10-18-21-13-7-19-23(14,22(21)25)4-5-24(19)11-12(13)3-6-29-18;10-7(11)4-1-5(8(12)13)3-6(2-4)9(14)15;;;/h3,8-9,13,18-19,21-22H,4-7,10-11H2,1-2H3;1-3H,(H,10,11);3*1H2/t13-,18-,19-,21-,22-,23+;;;;/m0..../s1. The van der Waals surface area contributed by atoms with Gasteiger partial charge in [-0.05, 0) is 23.1 Å². The number of non-ortho nitro benzene ring substituents is 2. The van der Waals surface area contributed by atoms with Crippen LogP contribution in [0.5, 0.6) is 11.5 Å². The lowest BCUT2D eigenvalue weighted by atomic mass is 9.53. The van der Waals surface area contributed by atoms with E-state index in [1.54, 1.807) is 24.7 Å². The predicted octanol–water partition coefficient (Wildman–Crippen LogP) is -1.91. The second-order valence-electron chi connectivity index (χ2n) is 12.2. The molecule has 7 atom stereocenters. The van der Waals surface area contributed by atoms with Gasteiger partial charge in [-0.15, -0.1) is 0 Å². The van der Waals surface area contributed by atoms with Crippen LogP contribution < -0.4 is 24.4 Å². The number of carbonyl (C=O) groups is 2. The molecule has 4 fully saturated rings. The lowest BCUT2D eigenvalue weighted by molar-refractivity contribution is -0.916. The highest BCUT2D eigenvalue weighted by atomic mass is 16.6. The highest BCUT2D eigenvalue weighted by Crippen LogP contribution is 2.63. The van der Waals surface area contributed by atoms with Crippen LogP contribution in [0.15, 0.2) is 42.0 Å². The van der Waals surface area contributed by atoms with Crippen LogP contribution in [0.1, 0.15) is 35.2 Å². The third-order valence-corrected chi connectivity index (χ3v) is 10.6. The molecule has 6 aliphatic rings. The molecule has 1 aliphatic carbocycles. The van der Waals surface area contributed by atoms with Gasteiger partial charge in [-0.2, -0.15) is 0 Å². The minimum absolute atomic E-state index is 0. The summed E-state index contributed by atoms with van der Waals surface area (Å²) in [6.45, 7) is 2.98. The van der Waals surface area contributed by atoms with E-state index in [1.165, 1.54) is 18.5 Å². The summed E-state index contributed by atoms with van der Waals surface area (Å²) in [5, 5.41) is 31.0. The van der Waals surface area contributed by atoms with Crippen molar-refractivity contribution in [3.05, 3.63) is 73.3 Å². The van der Waals surface area contributed by atoms with Gasteiger partial charge >= 0.3 is 0 Å². The normalized spacial score (nSPS) is 29.5. The van der Waals surface area contributed by atoms with Gasteiger partial charge in [-0.25, -0.2) is 0 Å². The Bertz CT molecular complexity index is 1590. The van der Waals surface area contributed by atoms with Crippen molar-refractivity contribution in [1.82, 2.24) is 0 Å². The summed E-state index contributed by atoms with van der Waals surface area (Å²) >= 11 is 0. The zero-order valence-corrected chi connectivity index (χ0v) is 25.5. The summed E-state index contributed by atoms with van der Waals surface area (Å²) in [7, 11) is 3.37. The number of hydrogen-bond donors (Lipinski definition) is 1. The zero-order valence-electron chi connectivity index (χ0n) is 25.5. The second kappa shape index (κ2) is 12.5. The van der Waals surface area contributed by atoms with Crippen LogP contribution in [0.2, 0.25) is 0 Å². The van der Waals surface area contributed by atoms with Crippen LogP contribution in [-0.2, 0) is 14.9 Å². The van der Waals surface area contributed by atoms with Crippen molar-refractivity contribution in [3.8, 4) is 11.5 Å². The van der Waals surface area contributed by atoms with Crippen LogP contribution in [0.4, 0.5) is 17.1 Å². The van der Waals surface area contributed by atoms with Crippen LogP contribution >= 0.6 is 0 Å². The number of hydrogen-bond acceptors (Lipinski definition) is 10. The summed E-state index contributed by atoms with van der Waals surface area (Å²) in [6, 6.07) is 7.06. The van der Waals surface area contributed by atoms with Crippen molar-refractivity contribution in [2.75, 3.05) is 38.8 Å². The highest BCUT2D eigenvalue weighted by molar-refractivity contribution is 5.99. The molecule has 0 radical (unpaired) electrons. The average Bonchev–Trinajstić information content (AvgIpc) is 3.47. The maximum Gasteiger partial charge on any atom is 0.276 e. The highest BCUT2D eigenvalue weighted by Gasteiger charge is 2.73. The summed E-state index contributed by atoms with van der Waals surface area (Å²) in [4.78, 5) is 46.5. The van der Waals surface area contributed by atoms with E-state index in [1.807, 2.05) is 0 Å². The number of rotatable bonds is 5. The van der Waals surface area contributed by atoms with Gasteiger partial charge in [0.15, 0.2) is 11.5 Å². The Balaban J connectivity index is 0.000000241. The molecule has 2 aromatic rings. The topological polar surface area (TPSA) is 273 Å². The number of amides is 1. The van der Waals surface area contributed by atoms with E-state index in [0.717, 1.165) is 24.4 Å². The first-order valence-corrected chi connectivity index (χ1v) is 14.5. The molecule has 2 aromatic carbocycles. The lowest BCUT2D eigenvalue weighted by Crippen LogP contribution is -3.16. The summed E-state index contributed by atoms with van der Waals surface area (Å²) in [5.74, 6) is 0.927. The first-order chi connectivity index (χ1) is 21.1. The van der Waals surface area contributed by atoms with Crippen LogP contribution in [0.25, 0.3) is 0 Å². The third kappa shape index (κ3) is 4.97. The number of carboxylic acids is 1. The number of methoxy groups -OCH3 is 2. The van der Waals surface area contributed by atoms with E-state index in [2.05, 4.69) is 23.1 Å². The minimum atomic E-state index is -1.71. The van der Waals surface area contributed by atoms with E-state index in [0.29, 0.717) is 54.9 Å². The number of nitro benzene ring substituents is 2. The number of carbonyl (C=O) groups excluding carboxylic acids is 2. The largest absolute Gasteiger partial charge is 0.545 e. The number of anilines is 1. The average molecular weight is 661 g/mol. The van der Waals surface area contributed by atoms with Gasteiger partial charge in [0.05, 0.1) is 85.5 Å². The maximum absolute atomic E-state index is 13.5. The van der Waals surface area contributed by atoms with Gasteiger partial charge in [0.1, 0.15) is 6.04 Å². The molecule has 254 valence electrons. The molecule has 17 nitrogen and oxygen atoms in total. The maximum atomic E-state index is 13.5. The molecule has 8 rings (SSSR count). The molecule has 1 unspecified atom stereocenters. The number of nitrogens with zero attached hydrogens (tertiary/aromatic N) is 3. The van der Waals surface area contributed by atoms with E-state index in [4.69, 9.17) is 14.2 Å². The third-order valence-electron chi connectivity index (χ3n) is 10.6. The Kier molecular flexibility index (Phi) is 9.35. The van der Waals surface area contributed by atoms with Crippen molar-refractivity contribution in [2.45, 2.75) is 42.9 Å². The number of aromatic carboxylic acids is 1. The fraction of sp³-hybridized carbons (Fsp3) is 0.467. The Morgan fingerprint density at radius 3 is 2.26 bits per heavy atom. The molecule has 0 aromatic heterocycles.